The summed E-state index contributed by atoms with van der Waals surface area (Å²) in [6, 6.07) is 19.0. The lowest BCUT2D eigenvalue weighted by Gasteiger charge is -2.26. The molecule has 1 aliphatic carbocycles. The molecular formula is C28H31N3O3S2. The van der Waals surface area contributed by atoms with E-state index in [9.17, 15) is 10.1 Å². The standard InChI is InChI=1S/C28H31N3OS.O2S/c1-19(2)16-24(25(32)17-28(18-29)12-13-28)31-26(27-30-14-15-33-27)23-10-8-22(9-11-23)21-6-4-20(3)5-7-21;1-3-2/h4-11,14-15,19,24,26,31H,12-13,16-17H2,1-3H3;/t24-,26-;/m0./s1. The molecule has 0 bridgehead atoms. The van der Waals surface area contributed by atoms with Crippen LogP contribution in [0.5, 0.6) is 0 Å². The van der Waals surface area contributed by atoms with Crippen molar-refractivity contribution in [2.75, 3.05) is 0 Å². The Hall–Kier alpha value is -2.99. The molecule has 0 amide bonds. The van der Waals surface area contributed by atoms with Crippen LogP contribution in [0.15, 0.2) is 60.1 Å². The number of nitrogens with one attached hydrogen (secondary N) is 1. The second-order valence-corrected chi connectivity index (χ2v) is 10.8. The van der Waals surface area contributed by atoms with Crippen LogP contribution in [0.25, 0.3) is 11.1 Å². The van der Waals surface area contributed by atoms with Crippen LogP contribution in [0.2, 0.25) is 0 Å². The first-order valence-corrected chi connectivity index (χ1v) is 13.5. The van der Waals surface area contributed by atoms with Crippen molar-refractivity contribution in [2.24, 2.45) is 11.3 Å². The van der Waals surface area contributed by atoms with Crippen molar-refractivity contribution in [1.29, 1.82) is 5.26 Å². The van der Waals surface area contributed by atoms with Gasteiger partial charge in [0.25, 0.3) is 0 Å². The Kier molecular flexibility index (Phi) is 9.82. The second-order valence-electron chi connectivity index (χ2n) is 9.74. The van der Waals surface area contributed by atoms with Gasteiger partial charge >= 0.3 is 11.6 Å². The predicted octanol–water partition coefficient (Wildman–Crippen LogP) is 5.81. The summed E-state index contributed by atoms with van der Waals surface area (Å²) in [6.07, 6.45) is 4.55. The molecular weight excluding hydrogens is 490 g/mol. The van der Waals surface area contributed by atoms with Crippen LogP contribution >= 0.6 is 11.3 Å². The van der Waals surface area contributed by atoms with E-state index in [-0.39, 0.29) is 17.9 Å². The van der Waals surface area contributed by atoms with Crippen molar-refractivity contribution in [3.63, 3.8) is 0 Å². The zero-order valence-corrected chi connectivity index (χ0v) is 22.4. The third kappa shape index (κ3) is 7.50. The van der Waals surface area contributed by atoms with E-state index in [0.29, 0.717) is 12.3 Å². The highest BCUT2D eigenvalue weighted by atomic mass is 32.1. The Morgan fingerprint density at radius 3 is 2.17 bits per heavy atom. The largest absolute Gasteiger partial charge is 0.335 e. The van der Waals surface area contributed by atoms with Crippen LogP contribution in [0, 0.1) is 29.6 Å². The molecule has 0 aliphatic heterocycles. The van der Waals surface area contributed by atoms with Gasteiger partial charge in [0.2, 0.25) is 0 Å². The molecule has 0 saturated heterocycles. The Morgan fingerprint density at radius 1 is 1.11 bits per heavy atom. The van der Waals surface area contributed by atoms with Crippen molar-refractivity contribution in [1.82, 2.24) is 10.3 Å². The molecule has 0 spiro atoms. The van der Waals surface area contributed by atoms with Crippen LogP contribution in [0.4, 0.5) is 0 Å². The highest BCUT2D eigenvalue weighted by Gasteiger charge is 2.46. The molecule has 0 radical (unpaired) electrons. The van der Waals surface area contributed by atoms with Gasteiger partial charge in [-0.25, -0.2) is 4.98 Å². The molecule has 36 heavy (non-hydrogen) atoms. The molecule has 1 fully saturated rings. The highest BCUT2D eigenvalue weighted by molar-refractivity contribution is 7.51. The number of aromatic nitrogens is 1. The van der Waals surface area contributed by atoms with Crippen LogP contribution in [0.1, 0.15) is 61.7 Å². The maximum Gasteiger partial charge on any atom is 0.335 e. The lowest BCUT2D eigenvalue weighted by Crippen LogP contribution is -2.41. The summed E-state index contributed by atoms with van der Waals surface area (Å²) in [5, 5.41) is 16.0. The fourth-order valence-electron chi connectivity index (χ4n) is 4.20. The van der Waals surface area contributed by atoms with E-state index in [4.69, 9.17) is 8.42 Å². The normalized spacial score (nSPS) is 15.2. The summed E-state index contributed by atoms with van der Waals surface area (Å²) in [4.78, 5) is 17.8. The van der Waals surface area contributed by atoms with Crippen LogP contribution in [-0.4, -0.2) is 25.2 Å². The van der Waals surface area contributed by atoms with Crippen molar-refractivity contribution in [2.45, 2.75) is 58.5 Å². The van der Waals surface area contributed by atoms with E-state index in [1.807, 2.05) is 11.6 Å². The van der Waals surface area contributed by atoms with E-state index in [0.717, 1.165) is 35.4 Å². The van der Waals surface area contributed by atoms with Gasteiger partial charge in [0.05, 0.1) is 23.6 Å². The van der Waals surface area contributed by atoms with Gasteiger partial charge in [0.1, 0.15) is 5.01 Å². The van der Waals surface area contributed by atoms with E-state index in [2.05, 4.69) is 85.7 Å². The number of ketones is 1. The minimum Gasteiger partial charge on any atom is -0.298 e. The molecule has 188 valence electrons. The molecule has 1 aromatic heterocycles. The van der Waals surface area contributed by atoms with Gasteiger partial charge in [-0.1, -0.05) is 67.9 Å². The van der Waals surface area contributed by atoms with Crippen molar-refractivity contribution >= 4 is 28.7 Å². The number of nitriles is 1. The Bertz CT molecular complexity index is 1210. The third-order valence-electron chi connectivity index (χ3n) is 6.39. The number of carbonyl (C=O) groups is 1. The van der Waals surface area contributed by atoms with E-state index in [1.54, 1.807) is 11.3 Å². The molecule has 8 heteroatoms. The van der Waals surface area contributed by atoms with Crippen molar-refractivity contribution in [3.8, 4) is 17.2 Å². The first kappa shape index (κ1) is 27.6. The summed E-state index contributed by atoms with van der Waals surface area (Å²) in [6.45, 7) is 6.36. The number of nitrogens with zero attached hydrogens (tertiary/aromatic N) is 2. The third-order valence-corrected chi connectivity index (χ3v) is 7.23. The summed E-state index contributed by atoms with van der Waals surface area (Å²) in [5.74, 6) is 0.505. The molecule has 1 N–H and O–H groups in total. The molecule has 4 rings (SSSR count). The van der Waals surface area contributed by atoms with Crippen LogP contribution in [0.3, 0.4) is 0 Å². The predicted molar refractivity (Wildman–Crippen MR) is 143 cm³/mol. The van der Waals surface area contributed by atoms with Crippen molar-refractivity contribution in [3.05, 3.63) is 76.2 Å². The maximum atomic E-state index is 13.3. The quantitative estimate of drug-likeness (QED) is 0.362. The fraction of sp³-hybridized carbons (Fsp3) is 0.393. The number of hydrogen-bond acceptors (Lipinski definition) is 7. The lowest BCUT2D eigenvalue weighted by molar-refractivity contribution is -0.122. The van der Waals surface area contributed by atoms with Gasteiger partial charge in [-0.15, -0.1) is 11.3 Å². The zero-order valence-electron chi connectivity index (χ0n) is 20.8. The Labute approximate surface area is 220 Å². The van der Waals surface area contributed by atoms with Gasteiger partial charge < -0.3 is 0 Å². The van der Waals surface area contributed by atoms with Gasteiger partial charge in [-0.05, 0) is 48.8 Å². The molecule has 1 heterocycles. The summed E-state index contributed by atoms with van der Waals surface area (Å²) in [7, 11) is 0. The molecule has 1 aliphatic rings. The fourth-order valence-corrected chi connectivity index (χ4v) is 4.92. The second kappa shape index (κ2) is 12.8. The Morgan fingerprint density at radius 2 is 1.69 bits per heavy atom. The number of thiazole rings is 1. The molecule has 0 unspecified atom stereocenters. The summed E-state index contributed by atoms with van der Waals surface area (Å²) >= 11 is 0.843. The number of benzene rings is 2. The molecule has 6 nitrogen and oxygen atoms in total. The highest BCUT2D eigenvalue weighted by Crippen LogP contribution is 2.48. The average Bonchev–Trinajstić information content (AvgIpc) is 3.42. The monoisotopic (exact) mass is 521 g/mol. The lowest BCUT2D eigenvalue weighted by atomic mass is 9.91. The smallest absolute Gasteiger partial charge is 0.298 e. The first-order chi connectivity index (χ1) is 17.3. The number of hydrogen-bond donors (Lipinski definition) is 1. The first-order valence-electron chi connectivity index (χ1n) is 12.0. The van der Waals surface area contributed by atoms with Crippen LogP contribution in [-0.2, 0) is 16.4 Å². The van der Waals surface area contributed by atoms with Gasteiger partial charge in [-0.3, -0.25) is 10.1 Å². The van der Waals surface area contributed by atoms with Crippen molar-refractivity contribution < 1.29 is 13.2 Å². The van der Waals surface area contributed by atoms with Gasteiger partial charge in [-0.2, -0.15) is 13.7 Å². The minimum atomic E-state index is -0.750. The summed E-state index contributed by atoms with van der Waals surface area (Å²) in [5.41, 5.74) is 4.25. The van der Waals surface area contributed by atoms with E-state index < -0.39 is 17.0 Å². The summed E-state index contributed by atoms with van der Waals surface area (Å²) < 4.78 is 16.6. The SMILES string of the molecule is Cc1ccc(-c2ccc([C@H](N[C@@H](CC(C)C)C(=O)CC3(C#N)CC3)c3nccs3)cc2)cc1.O=S=O. The molecule has 1 saturated carbocycles. The Balaban J connectivity index is 0.00000115. The van der Waals surface area contributed by atoms with Gasteiger partial charge in [0.15, 0.2) is 5.78 Å². The van der Waals surface area contributed by atoms with E-state index in [1.165, 1.54) is 11.1 Å². The topological polar surface area (TPSA) is 99.9 Å². The number of aryl methyl sites for hydroxylation is 1. The van der Waals surface area contributed by atoms with Crippen LogP contribution < -0.4 is 5.32 Å². The van der Waals surface area contributed by atoms with Gasteiger partial charge in [0, 0.05) is 18.0 Å². The minimum absolute atomic E-state index is 0.139. The number of rotatable bonds is 10. The maximum absolute atomic E-state index is 13.3. The average molecular weight is 522 g/mol. The molecule has 2 atom stereocenters. The number of carbonyl (C=O) groups excluding carboxylic acids is 1. The molecule has 2 aromatic carbocycles. The van der Waals surface area contributed by atoms with E-state index >= 15 is 0 Å². The zero-order chi connectivity index (χ0) is 26.1. The molecule has 3 aromatic rings. The number of Topliss-reactive ketones (excluding diaryl/α,β-unsaturated/α-hetero) is 1.